The van der Waals surface area contributed by atoms with Crippen LogP contribution in [0, 0.1) is 6.92 Å². The van der Waals surface area contributed by atoms with Gasteiger partial charge in [0.1, 0.15) is 0 Å². The predicted octanol–water partition coefficient (Wildman–Crippen LogP) is 1.36. The fourth-order valence-corrected chi connectivity index (χ4v) is 2.24. The van der Waals surface area contributed by atoms with E-state index < -0.39 is 5.97 Å². The van der Waals surface area contributed by atoms with E-state index in [-0.39, 0.29) is 18.4 Å². The molecular weight excluding hydrogens is 200 g/mol. The molecule has 2 atom stereocenters. The molecule has 0 aliphatic heterocycles. The van der Waals surface area contributed by atoms with E-state index in [0.717, 1.165) is 10.7 Å². The van der Waals surface area contributed by atoms with E-state index in [9.17, 15) is 4.79 Å². The van der Waals surface area contributed by atoms with Gasteiger partial charge in [-0.3, -0.25) is 4.79 Å². The Morgan fingerprint density at radius 3 is 2.79 bits per heavy atom. The van der Waals surface area contributed by atoms with Crippen molar-refractivity contribution in [1.29, 1.82) is 0 Å². The van der Waals surface area contributed by atoms with Crippen molar-refractivity contribution in [3.05, 3.63) is 16.1 Å². The fourth-order valence-electron chi connectivity index (χ4n) is 1.23. The number of carbonyl (C=O) groups is 1. The van der Waals surface area contributed by atoms with Crippen molar-refractivity contribution in [2.45, 2.75) is 32.2 Å². The van der Waals surface area contributed by atoms with Gasteiger partial charge in [0.05, 0.1) is 11.4 Å². The lowest BCUT2D eigenvalue weighted by molar-refractivity contribution is -0.137. The summed E-state index contributed by atoms with van der Waals surface area (Å²) in [6, 6.07) is -0.184. The highest BCUT2D eigenvalue weighted by molar-refractivity contribution is 7.09. The van der Waals surface area contributed by atoms with Gasteiger partial charge in [0.2, 0.25) is 0 Å². The Balaban J connectivity index is 2.82. The monoisotopic (exact) mass is 214 g/mol. The number of hydrogen-bond donors (Lipinski definition) is 2. The number of aromatic nitrogens is 1. The molecule has 1 aromatic rings. The molecule has 0 aromatic carbocycles. The summed E-state index contributed by atoms with van der Waals surface area (Å²) in [5, 5.41) is 11.5. The molecule has 0 spiro atoms. The van der Waals surface area contributed by atoms with Crippen LogP contribution in [0.2, 0.25) is 0 Å². The second-order valence-electron chi connectivity index (χ2n) is 3.39. The topological polar surface area (TPSA) is 76.2 Å². The summed E-state index contributed by atoms with van der Waals surface area (Å²) in [6.45, 7) is 3.70. The molecule has 0 amide bonds. The van der Waals surface area contributed by atoms with E-state index >= 15 is 0 Å². The maximum Gasteiger partial charge on any atom is 0.304 e. The Kier molecular flexibility index (Phi) is 3.60. The first kappa shape index (κ1) is 11.1. The molecule has 0 saturated carbocycles. The Labute approximate surface area is 86.8 Å². The largest absolute Gasteiger partial charge is 0.481 e. The first-order chi connectivity index (χ1) is 6.50. The Hall–Kier alpha value is -0.940. The highest BCUT2D eigenvalue weighted by atomic mass is 32.1. The molecule has 1 aromatic heterocycles. The smallest absolute Gasteiger partial charge is 0.304 e. The Morgan fingerprint density at radius 1 is 1.79 bits per heavy atom. The number of carboxylic acid groups (broad SMARTS) is 1. The molecule has 2 unspecified atom stereocenters. The molecular formula is C9H14N2O2S. The van der Waals surface area contributed by atoms with Gasteiger partial charge in [-0.15, -0.1) is 11.3 Å². The van der Waals surface area contributed by atoms with Crippen LogP contribution in [-0.2, 0) is 4.79 Å². The number of rotatable bonds is 4. The van der Waals surface area contributed by atoms with E-state index in [1.54, 1.807) is 0 Å². The van der Waals surface area contributed by atoms with Crippen LogP contribution in [0.4, 0.5) is 0 Å². The van der Waals surface area contributed by atoms with Gasteiger partial charge in [-0.05, 0) is 13.8 Å². The number of hydrogen-bond acceptors (Lipinski definition) is 4. The van der Waals surface area contributed by atoms with Crippen LogP contribution in [-0.4, -0.2) is 22.1 Å². The predicted molar refractivity (Wildman–Crippen MR) is 55.5 cm³/mol. The van der Waals surface area contributed by atoms with Gasteiger partial charge in [0.25, 0.3) is 0 Å². The van der Waals surface area contributed by atoms with E-state index in [1.807, 2.05) is 19.2 Å². The van der Waals surface area contributed by atoms with Gasteiger partial charge in [-0.2, -0.15) is 0 Å². The van der Waals surface area contributed by atoms with Crippen molar-refractivity contribution in [1.82, 2.24) is 4.98 Å². The van der Waals surface area contributed by atoms with E-state index in [1.165, 1.54) is 11.3 Å². The third kappa shape index (κ3) is 2.78. The van der Waals surface area contributed by atoms with Crippen molar-refractivity contribution in [2.75, 3.05) is 0 Å². The van der Waals surface area contributed by atoms with Crippen LogP contribution in [0.5, 0.6) is 0 Å². The number of thiazole rings is 1. The number of nitrogens with zero attached hydrogens (tertiary/aromatic N) is 1. The van der Waals surface area contributed by atoms with E-state index in [0.29, 0.717) is 0 Å². The van der Waals surface area contributed by atoms with Gasteiger partial charge in [-0.25, -0.2) is 4.98 Å². The Bertz CT molecular complexity index is 322. The lowest BCUT2D eigenvalue weighted by atomic mass is 9.99. The van der Waals surface area contributed by atoms with Crippen molar-refractivity contribution >= 4 is 17.3 Å². The number of aryl methyl sites for hydroxylation is 1. The zero-order chi connectivity index (χ0) is 10.7. The molecule has 0 radical (unpaired) electrons. The normalized spacial score (nSPS) is 15.1. The third-order valence-electron chi connectivity index (χ3n) is 1.98. The van der Waals surface area contributed by atoms with Gasteiger partial charge < -0.3 is 10.8 Å². The summed E-state index contributed by atoms with van der Waals surface area (Å²) in [5.74, 6) is -1.01. The zero-order valence-electron chi connectivity index (χ0n) is 8.23. The van der Waals surface area contributed by atoms with Crippen molar-refractivity contribution < 1.29 is 9.90 Å². The molecule has 0 saturated heterocycles. The fraction of sp³-hybridized carbons (Fsp3) is 0.556. The standard InChI is InChI=1S/C9H14N2O2S/c1-5-4-14-9(11-5)7(6(2)10)3-8(12)13/h4,6-7H,3,10H2,1-2H3,(H,12,13). The van der Waals surface area contributed by atoms with Crippen LogP contribution in [0.3, 0.4) is 0 Å². The van der Waals surface area contributed by atoms with Crippen molar-refractivity contribution in [3.63, 3.8) is 0 Å². The minimum atomic E-state index is -0.833. The number of nitrogens with two attached hydrogens (primary N) is 1. The van der Waals surface area contributed by atoms with Gasteiger partial charge in [-0.1, -0.05) is 0 Å². The molecule has 0 fully saturated rings. The summed E-state index contributed by atoms with van der Waals surface area (Å²) in [5.41, 5.74) is 6.65. The quantitative estimate of drug-likeness (QED) is 0.793. The summed E-state index contributed by atoms with van der Waals surface area (Å²) in [7, 11) is 0. The summed E-state index contributed by atoms with van der Waals surface area (Å²) in [6.07, 6.45) is 0.0463. The average molecular weight is 214 g/mol. The summed E-state index contributed by atoms with van der Waals surface area (Å²) < 4.78 is 0. The second-order valence-corrected chi connectivity index (χ2v) is 4.28. The average Bonchev–Trinajstić information content (AvgIpc) is 2.46. The molecule has 3 N–H and O–H groups in total. The van der Waals surface area contributed by atoms with Crippen molar-refractivity contribution in [2.24, 2.45) is 5.73 Å². The zero-order valence-corrected chi connectivity index (χ0v) is 9.04. The van der Waals surface area contributed by atoms with Crippen LogP contribution in [0.25, 0.3) is 0 Å². The Morgan fingerprint density at radius 2 is 2.43 bits per heavy atom. The lowest BCUT2D eigenvalue weighted by Gasteiger charge is -2.15. The van der Waals surface area contributed by atoms with Crippen LogP contribution >= 0.6 is 11.3 Å². The van der Waals surface area contributed by atoms with Gasteiger partial charge in [0.15, 0.2) is 0 Å². The first-order valence-electron chi connectivity index (χ1n) is 4.40. The minimum Gasteiger partial charge on any atom is -0.481 e. The highest BCUT2D eigenvalue weighted by Crippen LogP contribution is 2.25. The van der Waals surface area contributed by atoms with Gasteiger partial charge >= 0.3 is 5.97 Å². The molecule has 1 rings (SSSR count). The van der Waals surface area contributed by atoms with Gasteiger partial charge in [0, 0.05) is 23.0 Å². The molecule has 0 bridgehead atoms. The minimum absolute atomic E-state index is 0.0463. The second kappa shape index (κ2) is 4.52. The number of carboxylic acids is 1. The lowest BCUT2D eigenvalue weighted by Crippen LogP contribution is -2.26. The molecule has 78 valence electrons. The number of aliphatic carboxylic acids is 1. The third-order valence-corrected chi connectivity index (χ3v) is 3.08. The van der Waals surface area contributed by atoms with E-state index in [2.05, 4.69) is 4.98 Å². The molecule has 14 heavy (non-hydrogen) atoms. The molecule has 5 heteroatoms. The van der Waals surface area contributed by atoms with E-state index in [4.69, 9.17) is 10.8 Å². The maximum absolute atomic E-state index is 10.6. The summed E-state index contributed by atoms with van der Waals surface area (Å²) in [4.78, 5) is 14.9. The van der Waals surface area contributed by atoms with Crippen LogP contribution in [0.15, 0.2) is 5.38 Å². The SMILES string of the molecule is Cc1csc(C(CC(=O)O)C(C)N)n1. The molecule has 1 heterocycles. The summed E-state index contributed by atoms with van der Waals surface area (Å²) >= 11 is 1.47. The first-order valence-corrected chi connectivity index (χ1v) is 5.28. The molecule has 0 aliphatic rings. The molecule has 4 nitrogen and oxygen atoms in total. The maximum atomic E-state index is 10.6. The van der Waals surface area contributed by atoms with Crippen LogP contribution < -0.4 is 5.73 Å². The van der Waals surface area contributed by atoms with Crippen molar-refractivity contribution in [3.8, 4) is 0 Å². The highest BCUT2D eigenvalue weighted by Gasteiger charge is 2.22. The van der Waals surface area contributed by atoms with Crippen LogP contribution in [0.1, 0.15) is 30.0 Å². The molecule has 0 aliphatic carbocycles.